The van der Waals surface area contributed by atoms with Gasteiger partial charge in [0.05, 0.1) is 12.7 Å². The van der Waals surface area contributed by atoms with Crippen molar-refractivity contribution in [3.05, 3.63) is 11.6 Å². The number of hydrogen-bond acceptors (Lipinski definition) is 7. The molecule has 3 fully saturated rings. The second kappa shape index (κ2) is 6.59. The third-order valence-electron chi connectivity index (χ3n) is 8.42. The summed E-state index contributed by atoms with van der Waals surface area (Å²) < 4.78 is 11.9. The lowest BCUT2D eigenvalue weighted by molar-refractivity contribution is -0.319. The summed E-state index contributed by atoms with van der Waals surface area (Å²) in [7, 11) is 0. The molecule has 7 heteroatoms. The second-order valence-corrected chi connectivity index (χ2v) is 9.69. The molecule has 0 unspecified atom stereocenters. The molecular weight excluding hydrogens is 364 g/mol. The number of aldehydes is 1. The van der Waals surface area contributed by atoms with Gasteiger partial charge in [-0.05, 0) is 48.0 Å². The highest BCUT2D eigenvalue weighted by Crippen LogP contribution is 2.78. The van der Waals surface area contributed by atoms with Gasteiger partial charge in [0.2, 0.25) is 0 Å². The Morgan fingerprint density at radius 1 is 1.18 bits per heavy atom. The third-order valence-corrected chi connectivity index (χ3v) is 8.42. The van der Waals surface area contributed by atoms with Crippen LogP contribution in [-0.2, 0) is 14.3 Å². The van der Waals surface area contributed by atoms with E-state index in [-0.39, 0.29) is 22.9 Å². The van der Waals surface area contributed by atoms with E-state index in [2.05, 4.69) is 26.8 Å². The van der Waals surface area contributed by atoms with Crippen LogP contribution in [0.3, 0.4) is 0 Å². The molecule has 9 atom stereocenters. The predicted molar refractivity (Wildman–Crippen MR) is 99.1 cm³/mol. The molecule has 4 rings (SSSR count). The van der Waals surface area contributed by atoms with Gasteiger partial charge in [-0.3, -0.25) is 4.79 Å². The second-order valence-electron chi connectivity index (χ2n) is 9.69. The van der Waals surface area contributed by atoms with Crippen LogP contribution in [0.15, 0.2) is 11.6 Å². The van der Waals surface area contributed by atoms with Gasteiger partial charge in [0.25, 0.3) is 0 Å². The minimum absolute atomic E-state index is 0.0749. The minimum atomic E-state index is -1.47. The molecule has 28 heavy (non-hydrogen) atoms. The first-order valence-corrected chi connectivity index (χ1v) is 10.3. The van der Waals surface area contributed by atoms with Crippen molar-refractivity contribution in [1.29, 1.82) is 0 Å². The summed E-state index contributed by atoms with van der Waals surface area (Å²) in [4.78, 5) is 12.1. The van der Waals surface area contributed by atoms with Crippen molar-refractivity contribution in [2.75, 3.05) is 6.61 Å². The van der Waals surface area contributed by atoms with Crippen LogP contribution in [0.2, 0.25) is 0 Å². The SMILES string of the molecule is C[C@H]1CC[C@@]23CC[C@@H](O[C@@H]4O[C@H](CO)[C@@H](O)[C@H](O)[C@H]4O)[C@@]12C(C=O)=CC3(C)C. The topological polar surface area (TPSA) is 116 Å². The molecule has 4 aliphatic rings. The Hall–Kier alpha value is -0.830. The Bertz CT molecular complexity index is 674. The van der Waals surface area contributed by atoms with E-state index in [0.29, 0.717) is 0 Å². The lowest BCUT2D eigenvalue weighted by atomic mass is 9.56. The zero-order valence-electron chi connectivity index (χ0n) is 16.7. The van der Waals surface area contributed by atoms with Crippen LogP contribution in [0.5, 0.6) is 0 Å². The fourth-order valence-corrected chi connectivity index (χ4v) is 7.15. The Labute approximate surface area is 165 Å². The molecule has 1 heterocycles. The largest absolute Gasteiger partial charge is 0.394 e. The van der Waals surface area contributed by atoms with Gasteiger partial charge in [-0.25, -0.2) is 0 Å². The van der Waals surface area contributed by atoms with E-state index < -0.39 is 42.7 Å². The summed E-state index contributed by atoms with van der Waals surface area (Å²) in [5, 5.41) is 40.0. The van der Waals surface area contributed by atoms with E-state index in [1.54, 1.807) is 0 Å². The molecule has 0 spiro atoms. The van der Waals surface area contributed by atoms with Crippen LogP contribution < -0.4 is 0 Å². The fourth-order valence-electron chi connectivity index (χ4n) is 7.15. The zero-order valence-corrected chi connectivity index (χ0v) is 16.7. The van der Waals surface area contributed by atoms with Crippen LogP contribution in [0, 0.1) is 22.2 Å². The highest BCUT2D eigenvalue weighted by molar-refractivity contribution is 5.79. The average Bonchev–Trinajstić information content (AvgIpc) is 3.22. The Kier molecular flexibility index (Phi) is 4.81. The number of aliphatic hydroxyl groups is 4. The van der Waals surface area contributed by atoms with Gasteiger partial charge in [-0.15, -0.1) is 0 Å². The van der Waals surface area contributed by atoms with Gasteiger partial charge < -0.3 is 29.9 Å². The summed E-state index contributed by atoms with van der Waals surface area (Å²) in [6.07, 6.45) is -0.115. The first kappa shape index (κ1) is 20.4. The first-order valence-electron chi connectivity index (χ1n) is 10.3. The van der Waals surface area contributed by atoms with Crippen molar-refractivity contribution in [1.82, 2.24) is 0 Å². The van der Waals surface area contributed by atoms with Crippen LogP contribution >= 0.6 is 0 Å². The van der Waals surface area contributed by atoms with Crippen LogP contribution in [0.4, 0.5) is 0 Å². The molecule has 7 nitrogen and oxygen atoms in total. The molecular formula is C21H32O7. The summed E-state index contributed by atoms with van der Waals surface area (Å²) >= 11 is 0. The Balaban J connectivity index is 1.68. The van der Waals surface area contributed by atoms with Crippen molar-refractivity contribution < 1.29 is 34.7 Å². The monoisotopic (exact) mass is 396 g/mol. The predicted octanol–water partition coefficient (Wildman–Crippen LogP) is 0.533. The van der Waals surface area contributed by atoms with Crippen molar-refractivity contribution in [2.24, 2.45) is 22.2 Å². The smallest absolute Gasteiger partial charge is 0.187 e. The number of carbonyl (C=O) groups excluding carboxylic acids is 1. The molecule has 1 aliphatic heterocycles. The fraction of sp³-hybridized carbons (Fsp3) is 0.857. The average molecular weight is 396 g/mol. The third kappa shape index (κ3) is 2.29. The molecule has 0 aromatic carbocycles. The van der Waals surface area contributed by atoms with Crippen LogP contribution in [-0.4, -0.2) is 70.1 Å². The van der Waals surface area contributed by atoms with E-state index in [4.69, 9.17) is 9.47 Å². The summed E-state index contributed by atoms with van der Waals surface area (Å²) in [5.74, 6) is 0.239. The number of rotatable bonds is 4. The standard InChI is InChI=1S/C21H32O7/c1-11-4-6-20-7-5-14(21(11,20)12(9-22)8-19(20,2)3)28-18-17(26)16(25)15(24)13(10-23)27-18/h8-9,11,13-18,23-26H,4-7,10H2,1-3H3/t11-,13+,14+,15+,16-,17+,18-,20-,21-/m0/s1. The van der Waals surface area contributed by atoms with Gasteiger partial charge in [0.1, 0.15) is 30.7 Å². The van der Waals surface area contributed by atoms with Gasteiger partial charge in [0, 0.05) is 5.41 Å². The number of carbonyl (C=O) groups is 1. The molecule has 0 bridgehead atoms. The lowest BCUT2D eigenvalue weighted by Crippen LogP contribution is -2.60. The zero-order chi connectivity index (χ0) is 20.5. The summed E-state index contributed by atoms with van der Waals surface area (Å²) in [6, 6.07) is 0. The normalized spacial score (nSPS) is 52.2. The molecule has 0 radical (unpaired) electrons. The maximum absolute atomic E-state index is 12.1. The van der Waals surface area contributed by atoms with E-state index in [9.17, 15) is 25.2 Å². The van der Waals surface area contributed by atoms with Crippen molar-refractivity contribution in [3.63, 3.8) is 0 Å². The maximum atomic E-state index is 12.1. The van der Waals surface area contributed by atoms with Gasteiger partial charge in [0.15, 0.2) is 6.29 Å². The van der Waals surface area contributed by atoms with E-state index in [1.165, 1.54) is 0 Å². The van der Waals surface area contributed by atoms with Gasteiger partial charge >= 0.3 is 0 Å². The van der Waals surface area contributed by atoms with Crippen molar-refractivity contribution in [2.45, 2.75) is 83.3 Å². The van der Waals surface area contributed by atoms with E-state index in [1.807, 2.05) is 0 Å². The number of allylic oxidation sites excluding steroid dienone is 1. The molecule has 4 N–H and O–H groups in total. The molecule has 0 amide bonds. The van der Waals surface area contributed by atoms with Gasteiger partial charge in [-0.1, -0.05) is 26.8 Å². The molecule has 3 aliphatic carbocycles. The van der Waals surface area contributed by atoms with Crippen molar-refractivity contribution in [3.8, 4) is 0 Å². The van der Waals surface area contributed by atoms with E-state index >= 15 is 0 Å². The Morgan fingerprint density at radius 2 is 1.86 bits per heavy atom. The first-order chi connectivity index (χ1) is 13.2. The highest BCUT2D eigenvalue weighted by atomic mass is 16.7. The van der Waals surface area contributed by atoms with Crippen LogP contribution in [0.25, 0.3) is 0 Å². The summed E-state index contributed by atoms with van der Waals surface area (Å²) in [5.41, 5.74) is 0.113. The quantitative estimate of drug-likeness (QED) is 0.512. The van der Waals surface area contributed by atoms with Crippen LogP contribution in [0.1, 0.15) is 46.5 Å². The molecule has 0 aromatic rings. The Morgan fingerprint density at radius 3 is 2.50 bits per heavy atom. The summed E-state index contributed by atoms with van der Waals surface area (Å²) in [6.45, 7) is 6.04. The number of ether oxygens (including phenoxy) is 2. The van der Waals surface area contributed by atoms with E-state index in [0.717, 1.165) is 37.5 Å². The maximum Gasteiger partial charge on any atom is 0.187 e. The molecule has 2 saturated carbocycles. The van der Waals surface area contributed by atoms with Gasteiger partial charge in [-0.2, -0.15) is 0 Å². The number of aliphatic hydroxyl groups excluding tert-OH is 4. The highest BCUT2D eigenvalue weighted by Gasteiger charge is 2.75. The lowest BCUT2D eigenvalue weighted by Gasteiger charge is -2.49. The number of hydrogen-bond donors (Lipinski definition) is 4. The minimum Gasteiger partial charge on any atom is -0.394 e. The van der Waals surface area contributed by atoms with Crippen molar-refractivity contribution >= 4 is 6.29 Å². The molecule has 0 aromatic heterocycles. The molecule has 158 valence electrons. The molecule has 1 saturated heterocycles.